The second-order valence-corrected chi connectivity index (χ2v) is 6.08. The fourth-order valence-corrected chi connectivity index (χ4v) is 2.44. The lowest BCUT2D eigenvalue weighted by atomic mass is 10.1. The van der Waals surface area contributed by atoms with Crippen molar-refractivity contribution in [3.63, 3.8) is 0 Å². The molecule has 0 spiro atoms. The molecule has 0 aromatic carbocycles. The number of carbonyl (C=O) groups excluding carboxylic acids is 1. The summed E-state index contributed by atoms with van der Waals surface area (Å²) in [5.74, 6) is 0.744. The molecular weight excluding hydrogens is 264 g/mol. The summed E-state index contributed by atoms with van der Waals surface area (Å²) in [5, 5.41) is 0. The van der Waals surface area contributed by atoms with Crippen molar-refractivity contribution in [3.05, 3.63) is 0 Å². The Balaban J connectivity index is 3.22. The van der Waals surface area contributed by atoms with Gasteiger partial charge in [0.05, 0.1) is 12.9 Å². The molecule has 0 heterocycles. The van der Waals surface area contributed by atoms with Gasteiger partial charge in [-0.2, -0.15) is 0 Å². The van der Waals surface area contributed by atoms with Crippen LogP contribution in [0.15, 0.2) is 0 Å². The number of ketones is 1. The Bertz CT molecular complexity index is 230. The third-order valence-corrected chi connectivity index (χ3v) is 4.22. The first kappa shape index (κ1) is 17.9. The molecule has 0 aliphatic heterocycles. The molecule has 0 radical (unpaired) electrons. The third-order valence-electron chi connectivity index (χ3n) is 2.83. The first-order valence-electron chi connectivity index (χ1n) is 6.93. The van der Waals surface area contributed by atoms with Gasteiger partial charge in [0, 0.05) is 6.42 Å². The Morgan fingerprint density at radius 2 is 1.61 bits per heavy atom. The number of Topliss-reactive ketones (excluding diaryl/α,β-unsaturated/α-hetero) is 1. The van der Waals surface area contributed by atoms with Gasteiger partial charge in [0.1, 0.15) is 5.78 Å². The second-order valence-electron chi connectivity index (χ2n) is 4.51. The van der Waals surface area contributed by atoms with E-state index in [1.807, 2.05) is 0 Å². The number of methoxy groups -OCH3 is 1. The molecule has 0 aliphatic carbocycles. The number of hydrogen-bond donors (Lipinski definition) is 0. The van der Waals surface area contributed by atoms with Crippen molar-refractivity contribution in [3.8, 4) is 0 Å². The second kappa shape index (κ2) is 13.3. The van der Waals surface area contributed by atoms with Crippen LogP contribution < -0.4 is 0 Å². The number of thiocarbonyl (C=S) groups is 1. The maximum absolute atomic E-state index is 11.5. The van der Waals surface area contributed by atoms with Gasteiger partial charge in [-0.3, -0.25) is 4.79 Å². The molecule has 0 aromatic rings. The average Bonchev–Trinajstić information content (AvgIpc) is 2.39. The molecule has 0 bridgehead atoms. The van der Waals surface area contributed by atoms with Gasteiger partial charge in [-0.25, -0.2) is 0 Å². The number of carbonyl (C=O) groups is 1. The van der Waals surface area contributed by atoms with Crippen LogP contribution in [0.4, 0.5) is 0 Å². The Morgan fingerprint density at radius 3 is 2.17 bits per heavy atom. The van der Waals surface area contributed by atoms with E-state index in [0.717, 1.165) is 6.42 Å². The fraction of sp³-hybridized carbons (Fsp3) is 0.857. The maximum atomic E-state index is 11.5. The summed E-state index contributed by atoms with van der Waals surface area (Å²) in [4.78, 5) is 11.5. The van der Waals surface area contributed by atoms with E-state index in [2.05, 4.69) is 6.92 Å². The molecule has 0 amide bonds. The molecule has 0 fully saturated rings. The largest absolute Gasteiger partial charge is 0.482 e. The van der Waals surface area contributed by atoms with E-state index < -0.39 is 0 Å². The predicted octanol–water partition coefficient (Wildman–Crippen LogP) is 4.75. The van der Waals surface area contributed by atoms with Gasteiger partial charge in [-0.15, -0.1) is 0 Å². The van der Waals surface area contributed by atoms with E-state index in [0.29, 0.717) is 16.6 Å². The normalized spacial score (nSPS) is 10.3. The Hall–Kier alpha value is -0.0900. The number of unbranched alkanes of at least 4 members (excludes halogenated alkanes) is 7. The fourth-order valence-electron chi connectivity index (χ4n) is 1.73. The molecule has 0 N–H and O–H groups in total. The Kier molecular flexibility index (Phi) is 13.3. The van der Waals surface area contributed by atoms with Crippen molar-refractivity contribution in [1.29, 1.82) is 0 Å². The van der Waals surface area contributed by atoms with Crippen LogP contribution in [0.1, 0.15) is 64.7 Å². The van der Waals surface area contributed by atoms with Crippen LogP contribution in [-0.2, 0) is 9.53 Å². The SMILES string of the molecule is CCCCCCCCCCC(=O)CSC(=S)OC. The van der Waals surface area contributed by atoms with Crippen molar-refractivity contribution in [1.82, 2.24) is 0 Å². The van der Waals surface area contributed by atoms with Gasteiger partial charge in [0.15, 0.2) is 0 Å². The summed E-state index contributed by atoms with van der Waals surface area (Å²) < 4.78 is 5.29. The number of rotatable bonds is 11. The van der Waals surface area contributed by atoms with E-state index in [1.54, 1.807) is 7.11 Å². The summed E-state index contributed by atoms with van der Waals surface area (Å²) in [6.45, 7) is 2.24. The van der Waals surface area contributed by atoms with Crippen molar-refractivity contribution in [2.45, 2.75) is 64.7 Å². The van der Waals surface area contributed by atoms with Gasteiger partial charge in [0.25, 0.3) is 0 Å². The van der Waals surface area contributed by atoms with Gasteiger partial charge in [-0.05, 0) is 18.6 Å². The lowest BCUT2D eigenvalue weighted by molar-refractivity contribution is -0.116. The minimum absolute atomic E-state index is 0.283. The van der Waals surface area contributed by atoms with Crippen LogP contribution in [0, 0.1) is 0 Å². The van der Waals surface area contributed by atoms with Crippen LogP contribution in [-0.4, -0.2) is 23.0 Å². The topological polar surface area (TPSA) is 26.3 Å². The number of hydrogen-bond acceptors (Lipinski definition) is 4. The standard InChI is InChI=1S/C14H26O2S2/c1-3-4-5-6-7-8-9-10-11-13(15)12-18-14(17)16-2/h3-12H2,1-2H3. The van der Waals surface area contributed by atoms with E-state index >= 15 is 0 Å². The summed E-state index contributed by atoms with van der Waals surface area (Å²) >= 11 is 6.19. The van der Waals surface area contributed by atoms with Crippen molar-refractivity contribution >= 4 is 34.1 Å². The van der Waals surface area contributed by atoms with Crippen LogP contribution in [0.2, 0.25) is 0 Å². The van der Waals surface area contributed by atoms with E-state index in [1.165, 1.54) is 56.7 Å². The molecule has 0 atom stereocenters. The minimum atomic E-state index is 0.283. The first-order valence-corrected chi connectivity index (χ1v) is 8.32. The average molecular weight is 290 g/mol. The molecule has 106 valence electrons. The quantitative estimate of drug-likeness (QED) is 0.405. The third kappa shape index (κ3) is 12.4. The maximum Gasteiger partial charge on any atom is 0.220 e. The molecule has 0 aromatic heterocycles. The molecular formula is C14H26O2S2. The number of thioether (sulfide) groups is 1. The zero-order valence-electron chi connectivity index (χ0n) is 11.7. The zero-order valence-corrected chi connectivity index (χ0v) is 13.3. The highest BCUT2D eigenvalue weighted by Crippen LogP contribution is 2.11. The smallest absolute Gasteiger partial charge is 0.220 e. The van der Waals surface area contributed by atoms with E-state index in [-0.39, 0.29) is 5.78 Å². The Labute approximate surface area is 121 Å². The van der Waals surface area contributed by atoms with Crippen molar-refractivity contribution < 1.29 is 9.53 Å². The van der Waals surface area contributed by atoms with Gasteiger partial charge < -0.3 is 4.74 Å². The van der Waals surface area contributed by atoms with Crippen molar-refractivity contribution in [2.75, 3.05) is 12.9 Å². The summed E-state index contributed by atoms with van der Waals surface area (Å²) in [7, 11) is 1.54. The lowest BCUT2D eigenvalue weighted by Gasteiger charge is -2.02. The molecule has 0 saturated heterocycles. The highest BCUT2D eigenvalue weighted by atomic mass is 32.2. The predicted molar refractivity (Wildman–Crippen MR) is 84.3 cm³/mol. The van der Waals surface area contributed by atoms with Gasteiger partial charge in [-0.1, -0.05) is 63.6 Å². The minimum Gasteiger partial charge on any atom is -0.482 e. The summed E-state index contributed by atoms with van der Waals surface area (Å²) in [5.41, 5.74) is 0. The summed E-state index contributed by atoms with van der Waals surface area (Å²) in [6.07, 6.45) is 10.8. The highest BCUT2D eigenvalue weighted by molar-refractivity contribution is 8.23. The Morgan fingerprint density at radius 1 is 1.06 bits per heavy atom. The van der Waals surface area contributed by atoms with Gasteiger partial charge >= 0.3 is 0 Å². The monoisotopic (exact) mass is 290 g/mol. The van der Waals surface area contributed by atoms with Crippen LogP contribution >= 0.6 is 24.0 Å². The number of ether oxygens (including phenoxy) is 1. The molecule has 0 saturated carbocycles. The first-order chi connectivity index (χ1) is 8.70. The summed E-state index contributed by atoms with van der Waals surface area (Å²) in [6, 6.07) is 0. The molecule has 18 heavy (non-hydrogen) atoms. The highest BCUT2D eigenvalue weighted by Gasteiger charge is 2.04. The molecule has 2 nitrogen and oxygen atoms in total. The molecule has 0 unspecified atom stereocenters. The zero-order chi connectivity index (χ0) is 13.6. The van der Waals surface area contributed by atoms with Crippen LogP contribution in [0.3, 0.4) is 0 Å². The molecule has 4 heteroatoms. The molecule has 0 rings (SSSR count). The van der Waals surface area contributed by atoms with Crippen molar-refractivity contribution in [2.24, 2.45) is 0 Å². The molecule has 0 aliphatic rings. The van der Waals surface area contributed by atoms with Crippen LogP contribution in [0.25, 0.3) is 0 Å². The van der Waals surface area contributed by atoms with Gasteiger partial charge in [0.2, 0.25) is 4.38 Å². The lowest BCUT2D eigenvalue weighted by Crippen LogP contribution is -2.04. The van der Waals surface area contributed by atoms with Crippen LogP contribution in [0.5, 0.6) is 0 Å². The van der Waals surface area contributed by atoms with E-state index in [9.17, 15) is 4.79 Å². The van der Waals surface area contributed by atoms with E-state index in [4.69, 9.17) is 17.0 Å².